The summed E-state index contributed by atoms with van der Waals surface area (Å²) in [5.74, 6) is 2.32. The Morgan fingerprint density at radius 2 is 2.12 bits per heavy atom. The van der Waals surface area contributed by atoms with Gasteiger partial charge in [0.25, 0.3) is 0 Å². The van der Waals surface area contributed by atoms with Gasteiger partial charge in [-0.2, -0.15) is 5.10 Å². The van der Waals surface area contributed by atoms with Crippen molar-refractivity contribution in [1.82, 2.24) is 15.1 Å². The van der Waals surface area contributed by atoms with E-state index in [1.54, 1.807) is 4.68 Å². The summed E-state index contributed by atoms with van der Waals surface area (Å²) < 4.78 is 13.2. The topological polar surface area (TPSA) is 72.7 Å². The number of rotatable bonds is 5. The first-order valence-electron chi connectivity index (χ1n) is 8.67. The normalized spacial score (nSPS) is 14.1. The van der Waals surface area contributed by atoms with Crippen LogP contribution in [0, 0.1) is 0 Å². The van der Waals surface area contributed by atoms with Crippen molar-refractivity contribution in [2.75, 3.05) is 31.6 Å². The Balaban J connectivity index is 1.64. The van der Waals surface area contributed by atoms with Gasteiger partial charge in [-0.1, -0.05) is 0 Å². The molecule has 25 heavy (non-hydrogen) atoms. The van der Waals surface area contributed by atoms with Crippen molar-refractivity contribution < 1.29 is 9.47 Å². The lowest BCUT2D eigenvalue weighted by Gasteiger charge is -2.13. The van der Waals surface area contributed by atoms with E-state index < -0.39 is 0 Å². The Hall–Kier alpha value is -2.70. The highest BCUT2D eigenvalue weighted by Gasteiger charge is 2.11. The van der Waals surface area contributed by atoms with Crippen LogP contribution in [0.2, 0.25) is 0 Å². The van der Waals surface area contributed by atoms with E-state index in [9.17, 15) is 0 Å². The minimum Gasteiger partial charge on any atom is -0.490 e. The summed E-state index contributed by atoms with van der Waals surface area (Å²) in [6.45, 7) is 4.90. The van der Waals surface area contributed by atoms with Crippen molar-refractivity contribution >= 4 is 11.6 Å². The Bertz CT molecular complexity index is 726. The van der Waals surface area contributed by atoms with Gasteiger partial charge < -0.3 is 20.1 Å². The molecule has 7 nitrogen and oxygen atoms in total. The molecule has 3 rings (SSSR count). The fourth-order valence-corrected chi connectivity index (χ4v) is 2.58. The van der Waals surface area contributed by atoms with E-state index in [1.165, 1.54) is 5.56 Å². The van der Waals surface area contributed by atoms with Crippen molar-refractivity contribution in [2.45, 2.75) is 19.8 Å². The van der Waals surface area contributed by atoms with Crippen LogP contribution in [0.15, 0.2) is 35.6 Å². The Morgan fingerprint density at radius 3 is 2.88 bits per heavy atom. The molecule has 1 aromatic carbocycles. The first-order chi connectivity index (χ1) is 12.2. The number of hydrogen-bond acceptors (Lipinski definition) is 4. The number of aryl methyl sites for hydroxylation is 1. The van der Waals surface area contributed by atoms with Gasteiger partial charge in [-0.25, -0.2) is 0 Å². The molecule has 1 aliphatic rings. The van der Waals surface area contributed by atoms with Gasteiger partial charge in [-0.05, 0) is 31.0 Å². The molecule has 0 fully saturated rings. The summed E-state index contributed by atoms with van der Waals surface area (Å²) in [5, 5.41) is 10.8. The van der Waals surface area contributed by atoms with Crippen LogP contribution in [0.1, 0.15) is 18.9 Å². The maximum atomic E-state index is 5.74. The molecule has 2 heterocycles. The van der Waals surface area contributed by atoms with Crippen molar-refractivity contribution in [3.8, 4) is 11.5 Å². The Labute approximate surface area is 148 Å². The fraction of sp³-hybridized carbons (Fsp3) is 0.444. The molecule has 1 aromatic heterocycles. The SMILES string of the molecule is CCNC(=NCCc1cnn(C)c1)Nc1ccc2c(c1)OCCCO2. The molecule has 2 aromatic rings. The number of guanidine groups is 1. The number of benzene rings is 1. The van der Waals surface area contributed by atoms with E-state index in [4.69, 9.17) is 9.47 Å². The van der Waals surface area contributed by atoms with E-state index in [1.807, 2.05) is 44.6 Å². The average Bonchev–Trinajstić information content (AvgIpc) is 2.88. The summed E-state index contributed by atoms with van der Waals surface area (Å²) in [7, 11) is 1.92. The minimum absolute atomic E-state index is 0.676. The second kappa shape index (κ2) is 8.41. The molecule has 0 amide bonds. The molecule has 0 unspecified atom stereocenters. The highest BCUT2D eigenvalue weighted by atomic mass is 16.5. The predicted octanol–water partition coefficient (Wildman–Crippen LogP) is 2.20. The first-order valence-corrected chi connectivity index (χ1v) is 8.67. The Kier molecular flexibility index (Phi) is 5.77. The third-order valence-corrected chi connectivity index (χ3v) is 3.78. The summed E-state index contributed by atoms with van der Waals surface area (Å²) in [4.78, 5) is 4.63. The van der Waals surface area contributed by atoms with Crippen LogP contribution in [-0.2, 0) is 13.5 Å². The number of nitrogens with zero attached hydrogens (tertiary/aromatic N) is 3. The molecule has 0 bridgehead atoms. The van der Waals surface area contributed by atoms with Gasteiger partial charge in [0, 0.05) is 44.5 Å². The van der Waals surface area contributed by atoms with Crippen LogP contribution < -0.4 is 20.1 Å². The van der Waals surface area contributed by atoms with Crippen LogP contribution >= 0.6 is 0 Å². The molecule has 0 spiro atoms. The van der Waals surface area contributed by atoms with E-state index in [-0.39, 0.29) is 0 Å². The molecular weight excluding hydrogens is 318 g/mol. The second-order valence-corrected chi connectivity index (χ2v) is 5.87. The lowest BCUT2D eigenvalue weighted by molar-refractivity contribution is 0.297. The van der Waals surface area contributed by atoms with Crippen LogP contribution in [0.25, 0.3) is 0 Å². The van der Waals surface area contributed by atoms with E-state index in [0.29, 0.717) is 19.8 Å². The lowest BCUT2D eigenvalue weighted by atomic mass is 10.2. The zero-order valence-electron chi connectivity index (χ0n) is 14.8. The standard InChI is InChI=1S/C18H25N5O2/c1-3-19-18(20-8-7-14-12-21-23(2)13-14)22-15-5-6-16-17(11-15)25-10-4-9-24-16/h5-6,11-13H,3-4,7-10H2,1-2H3,(H2,19,20,22). The highest BCUT2D eigenvalue weighted by molar-refractivity contribution is 5.93. The van der Waals surface area contributed by atoms with Crippen molar-refractivity contribution in [3.05, 3.63) is 36.2 Å². The maximum Gasteiger partial charge on any atom is 0.195 e. The highest BCUT2D eigenvalue weighted by Crippen LogP contribution is 2.32. The summed E-state index contributed by atoms with van der Waals surface area (Å²) >= 11 is 0. The second-order valence-electron chi connectivity index (χ2n) is 5.87. The third-order valence-electron chi connectivity index (χ3n) is 3.78. The van der Waals surface area contributed by atoms with E-state index in [2.05, 4.69) is 20.7 Å². The monoisotopic (exact) mass is 343 g/mol. The predicted molar refractivity (Wildman–Crippen MR) is 98.6 cm³/mol. The fourth-order valence-electron chi connectivity index (χ4n) is 2.58. The molecule has 7 heteroatoms. The maximum absolute atomic E-state index is 5.74. The van der Waals surface area contributed by atoms with Crippen molar-refractivity contribution in [3.63, 3.8) is 0 Å². The Morgan fingerprint density at radius 1 is 1.28 bits per heavy atom. The number of hydrogen-bond donors (Lipinski definition) is 2. The summed E-state index contributed by atoms with van der Waals surface area (Å²) in [5.41, 5.74) is 2.10. The van der Waals surface area contributed by atoms with Gasteiger partial charge in [-0.15, -0.1) is 0 Å². The summed E-state index contributed by atoms with van der Waals surface area (Å²) in [6, 6.07) is 5.86. The van der Waals surface area contributed by atoms with Crippen LogP contribution in [0.3, 0.4) is 0 Å². The zero-order valence-corrected chi connectivity index (χ0v) is 14.8. The van der Waals surface area contributed by atoms with Crippen LogP contribution in [-0.4, -0.2) is 42.0 Å². The van der Waals surface area contributed by atoms with E-state index >= 15 is 0 Å². The third kappa shape index (κ3) is 4.89. The van der Waals surface area contributed by atoms with Crippen molar-refractivity contribution in [1.29, 1.82) is 0 Å². The number of nitrogens with one attached hydrogen (secondary N) is 2. The minimum atomic E-state index is 0.676. The van der Waals surface area contributed by atoms with Gasteiger partial charge in [0.15, 0.2) is 17.5 Å². The summed E-state index contributed by atoms with van der Waals surface area (Å²) in [6.07, 6.45) is 5.64. The number of fused-ring (bicyclic) bond motifs is 1. The zero-order chi connectivity index (χ0) is 17.5. The molecule has 2 N–H and O–H groups in total. The smallest absolute Gasteiger partial charge is 0.195 e. The van der Waals surface area contributed by atoms with Gasteiger partial charge >= 0.3 is 0 Å². The quantitative estimate of drug-likeness (QED) is 0.643. The van der Waals surface area contributed by atoms with Crippen LogP contribution in [0.5, 0.6) is 11.5 Å². The number of anilines is 1. The molecule has 0 radical (unpaired) electrons. The number of ether oxygens (including phenoxy) is 2. The van der Waals surface area contributed by atoms with Gasteiger partial charge in [0.1, 0.15) is 0 Å². The molecule has 0 saturated heterocycles. The molecular formula is C18H25N5O2. The van der Waals surface area contributed by atoms with Gasteiger partial charge in [-0.3, -0.25) is 9.67 Å². The number of aromatic nitrogens is 2. The first kappa shape index (κ1) is 17.1. The lowest BCUT2D eigenvalue weighted by Crippen LogP contribution is -2.30. The van der Waals surface area contributed by atoms with E-state index in [0.717, 1.165) is 42.5 Å². The van der Waals surface area contributed by atoms with Gasteiger partial charge in [0.05, 0.1) is 19.4 Å². The molecule has 0 atom stereocenters. The van der Waals surface area contributed by atoms with Crippen molar-refractivity contribution in [2.24, 2.45) is 12.0 Å². The molecule has 134 valence electrons. The average molecular weight is 343 g/mol. The van der Waals surface area contributed by atoms with Gasteiger partial charge in [0.2, 0.25) is 0 Å². The largest absolute Gasteiger partial charge is 0.490 e. The molecule has 0 saturated carbocycles. The van der Waals surface area contributed by atoms with Crippen LogP contribution in [0.4, 0.5) is 5.69 Å². The number of aliphatic imine (C=N–C) groups is 1. The molecule has 0 aliphatic carbocycles. The molecule has 1 aliphatic heterocycles.